The third kappa shape index (κ3) is 4.65. The molecular weight excluding hydrogens is 544 g/mol. The zero-order chi connectivity index (χ0) is 30.9. The average molecular weight is 595 g/mol. The molecular formula is C40H50O4. The molecule has 7 rings (SSSR count). The number of hydrogen-bond acceptors (Lipinski definition) is 4. The van der Waals surface area contributed by atoms with Crippen LogP contribution >= 0.6 is 0 Å². The molecule has 4 fully saturated rings. The molecule has 5 aliphatic rings. The lowest BCUT2D eigenvalue weighted by Crippen LogP contribution is -2.61. The summed E-state index contributed by atoms with van der Waals surface area (Å²) in [5, 5.41) is 10.7. The minimum absolute atomic E-state index is 0.0173. The summed E-state index contributed by atoms with van der Waals surface area (Å²) in [4.78, 5) is 28.3. The second-order valence-corrected chi connectivity index (χ2v) is 16.0. The fraction of sp³-hybridized carbons (Fsp3) is 0.600. The summed E-state index contributed by atoms with van der Waals surface area (Å²) in [5.41, 5.74) is 3.31. The first-order chi connectivity index (χ1) is 21.0. The standard InChI is InChI=1S/C40H50O4/c1-25-30-17-21-40(4)31-16-20-38(2)19-15-28(23-32(38)29(31)24-34(42)36(40)39(30,3)22-18-33(25)41)37(43)44-35(26-11-7-5-8-12-26)27-13-9-6-10-14-27/h5-14,24-25,28,30-33,35-36,41H,15-23H2,1-4H3. The van der Waals surface area contributed by atoms with Crippen molar-refractivity contribution in [2.75, 3.05) is 0 Å². The number of benzene rings is 2. The first kappa shape index (κ1) is 30.0. The summed E-state index contributed by atoms with van der Waals surface area (Å²) in [5.74, 6) is 1.32. The van der Waals surface area contributed by atoms with E-state index in [1.54, 1.807) is 0 Å². The Morgan fingerprint density at radius 3 is 2.09 bits per heavy atom. The van der Waals surface area contributed by atoms with E-state index in [1.807, 2.05) is 60.7 Å². The molecule has 10 unspecified atom stereocenters. The maximum Gasteiger partial charge on any atom is 0.309 e. The van der Waals surface area contributed by atoms with Gasteiger partial charge in [-0.2, -0.15) is 0 Å². The second kappa shape index (κ2) is 11.0. The summed E-state index contributed by atoms with van der Waals surface area (Å²) in [7, 11) is 0. The molecule has 0 bridgehead atoms. The molecule has 2 aromatic carbocycles. The highest BCUT2D eigenvalue weighted by Gasteiger charge is 2.65. The maximum atomic E-state index is 14.4. The first-order valence-corrected chi connectivity index (χ1v) is 17.3. The molecule has 5 aliphatic carbocycles. The third-order valence-electron chi connectivity index (χ3n) is 13.8. The van der Waals surface area contributed by atoms with Crippen LogP contribution in [0.15, 0.2) is 72.3 Å². The molecule has 0 saturated heterocycles. The van der Waals surface area contributed by atoms with Gasteiger partial charge in [0.15, 0.2) is 11.9 Å². The SMILES string of the molecule is CC1C(O)CCC2(C)C1CCC1(C)C3CCC4(C)CCC(C(=O)OC(c5ccccc5)c5ccccc5)CC4C3=CC(=O)C12. The minimum Gasteiger partial charge on any atom is -0.452 e. The molecule has 0 spiro atoms. The van der Waals surface area contributed by atoms with E-state index in [0.717, 1.165) is 68.9 Å². The van der Waals surface area contributed by atoms with Crippen LogP contribution in [0.5, 0.6) is 0 Å². The van der Waals surface area contributed by atoms with Gasteiger partial charge in [0.1, 0.15) is 0 Å². The van der Waals surface area contributed by atoms with E-state index < -0.39 is 6.10 Å². The Balaban J connectivity index is 1.17. The van der Waals surface area contributed by atoms with Crippen molar-refractivity contribution in [2.24, 2.45) is 51.8 Å². The number of esters is 1. The van der Waals surface area contributed by atoms with E-state index in [1.165, 1.54) is 5.57 Å². The molecule has 4 saturated carbocycles. The zero-order valence-electron chi connectivity index (χ0n) is 27.0. The van der Waals surface area contributed by atoms with Gasteiger partial charge in [0.25, 0.3) is 0 Å². The predicted molar refractivity (Wildman–Crippen MR) is 172 cm³/mol. The van der Waals surface area contributed by atoms with Crippen molar-refractivity contribution >= 4 is 11.8 Å². The first-order valence-electron chi connectivity index (χ1n) is 17.3. The Hall–Kier alpha value is -2.72. The van der Waals surface area contributed by atoms with E-state index in [9.17, 15) is 14.7 Å². The van der Waals surface area contributed by atoms with Crippen molar-refractivity contribution in [3.8, 4) is 0 Å². The molecule has 44 heavy (non-hydrogen) atoms. The number of ether oxygens (including phenoxy) is 1. The van der Waals surface area contributed by atoms with Crippen LogP contribution in [0.4, 0.5) is 0 Å². The molecule has 0 aliphatic heterocycles. The Morgan fingerprint density at radius 2 is 1.43 bits per heavy atom. The Morgan fingerprint density at radius 1 is 0.818 bits per heavy atom. The Bertz CT molecular complexity index is 1390. The summed E-state index contributed by atoms with van der Waals surface area (Å²) < 4.78 is 6.38. The number of allylic oxidation sites excluding steroid dienone is 2. The third-order valence-corrected chi connectivity index (χ3v) is 13.8. The summed E-state index contributed by atoms with van der Waals surface area (Å²) in [6, 6.07) is 20.1. The van der Waals surface area contributed by atoms with Gasteiger partial charge in [0.05, 0.1) is 12.0 Å². The van der Waals surface area contributed by atoms with Crippen LogP contribution in [-0.4, -0.2) is 23.0 Å². The lowest BCUT2D eigenvalue weighted by atomic mass is 9.38. The number of hydrogen-bond donors (Lipinski definition) is 1. The van der Waals surface area contributed by atoms with Gasteiger partial charge in [-0.1, -0.05) is 93.9 Å². The summed E-state index contributed by atoms with van der Waals surface area (Å²) >= 11 is 0. The van der Waals surface area contributed by atoms with Crippen LogP contribution in [0.2, 0.25) is 0 Å². The Kier molecular flexibility index (Phi) is 7.47. The van der Waals surface area contributed by atoms with Crippen LogP contribution in [0.1, 0.15) is 103 Å². The van der Waals surface area contributed by atoms with Gasteiger partial charge < -0.3 is 9.84 Å². The lowest BCUT2D eigenvalue weighted by molar-refractivity contribution is -0.169. The minimum atomic E-state index is -0.431. The number of carbonyl (C=O) groups is 2. The summed E-state index contributed by atoms with van der Waals surface area (Å²) in [6.45, 7) is 9.41. The molecule has 0 radical (unpaired) electrons. The smallest absolute Gasteiger partial charge is 0.309 e. The fourth-order valence-electron chi connectivity index (χ4n) is 11.4. The van der Waals surface area contributed by atoms with Crippen molar-refractivity contribution in [3.63, 3.8) is 0 Å². The van der Waals surface area contributed by atoms with Crippen molar-refractivity contribution < 1.29 is 19.4 Å². The van der Waals surface area contributed by atoms with Crippen molar-refractivity contribution in [1.29, 1.82) is 0 Å². The van der Waals surface area contributed by atoms with Gasteiger partial charge in [-0.15, -0.1) is 0 Å². The van der Waals surface area contributed by atoms with Crippen LogP contribution in [-0.2, 0) is 14.3 Å². The van der Waals surface area contributed by atoms with Crippen LogP contribution in [0, 0.1) is 51.8 Å². The highest BCUT2D eigenvalue weighted by molar-refractivity contribution is 5.95. The van der Waals surface area contributed by atoms with Gasteiger partial charge in [-0.25, -0.2) is 0 Å². The van der Waals surface area contributed by atoms with E-state index >= 15 is 0 Å². The largest absolute Gasteiger partial charge is 0.452 e. The van der Waals surface area contributed by atoms with E-state index in [-0.39, 0.29) is 52.0 Å². The molecule has 2 aromatic rings. The highest BCUT2D eigenvalue weighted by atomic mass is 16.5. The molecule has 1 N–H and O–H groups in total. The van der Waals surface area contributed by atoms with Gasteiger partial charge in [-0.05, 0) is 115 Å². The molecule has 0 aromatic heterocycles. The predicted octanol–water partition coefficient (Wildman–Crippen LogP) is 8.49. The Labute approximate surface area is 263 Å². The van der Waals surface area contributed by atoms with E-state index in [0.29, 0.717) is 17.6 Å². The van der Waals surface area contributed by atoms with Crippen LogP contribution in [0.3, 0.4) is 0 Å². The number of fused-ring (bicyclic) bond motifs is 7. The van der Waals surface area contributed by atoms with Gasteiger partial charge >= 0.3 is 5.97 Å². The highest BCUT2D eigenvalue weighted by Crippen LogP contribution is 2.69. The van der Waals surface area contributed by atoms with Crippen molar-refractivity contribution in [1.82, 2.24) is 0 Å². The van der Waals surface area contributed by atoms with Gasteiger partial charge in [-0.3, -0.25) is 9.59 Å². The van der Waals surface area contributed by atoms with E-state index in [4.69, 9.17) is 4.74 Å². The number of aliphatic hydroxyl groups is 1. The number of rotatable bonds is 4. The molecule has 10 atom stereocenters. The average Bonchev–Trinajstić information content (AvgIpc) is 3.02. The lowest BCUT2D eigenvalue weighted by Gasteiger charge is -2.65. The molecule has 234 valence electrons. The number of ketones is 1. The topological polar surface area (TPSA) is 63.6 Å². The van der Waals surface area contributed by atoms with Gasteiger partial charge in [0, 0.05) is 5.92 Å². The van der Waals surface area contributed by atoms with Crippen molar-refractivity contribution in [2.45, 2.75) is 97.7 Å². The number of aliphatic hydroxyl groups excluding tert-OH is 1. The zero-order valence-corrected chi connectivity index (χ0v) is 27.0. The van der Waals surface area contributed by atoms with E-state index in [2.05, 4.69) is 33.8 Å². The monoisotopic (exact) mass is 594 g/mol. The molecule has 4 heteroatoms. The molecule has 0 amide bonds. The molecule has 4 nitrogen and oxygen atoms in total. The van der Waals surface area contributed by atoms with Crippen LogP contribution in [0.25, 0.3) is 0 Å². The maximum absolute atomic E-state index is 14.4. The van der Waals surface area contributed by atoms with Gasteiger partial charge in [0.2, 0.25) is 0 Å². The quantitative estimate of drug-likeness (QED) is 0.361. The molecule has 0 heterocycles. The second-order valence-electron chi connectivity index (χ2n) is 16.0. The van der Waals surface area contributed by atoms with Crippen LogP contribution < -0.4 is 0 Å². The fourth-order valence-corrected chi connectivity index (χ4v) is 11.4. The number of carbonyl (C=O) groups excluding carboxylic acids is 2. The summed E-state index contributed by atoms with van der Waals surface area (Å²) in [6.07, 6.45) is 10.2. The van der Waals surface area contributed by atoms with Crippen molar-refractivity contribution in [3.05, 3.63) is 83.4 Å². The normalized spacial score (nSPS) is 41.5.